The fraction of sp³-hybridized carbons (Fsp3) is 0.594. The summed E-state index contributed by atoms with van der Waals surface area (Å²) >= 11 is 0. The van der Waals surface area contributed by atoms with Gasteiger partial charge in [0.25, 0.3) is 0 Å². The van der Waals surface area contributed by atoms with Gasteiger partial charge >= 0.3 is 5.97 Å². The van der Waals surface area contributed by atoms with Crippen molar-refractivity contribution in [3.8, 4) is 0 Å². The summed E-state index contributed by atoms with van der Waals surface area (Å²) < 4.78 is 5.23. The van der Waals surface area contributed by atoms with Gasteiger partial charge in [0, 0.05) is 12.8 Å². The SMILES string of the molecule is CCC(C)C(NC(=O)C(CC(C)C)NC(=O)C(CO)NC(=O)C1CCC(=O)N1)C(=O)NC(CCC(=O)OCc1ccccc1)C(N)=O. The van der Waals surface area contributed by atoms with Crippen LogP contribution in [0.4, 0.5) is 0 Å². The van der Waals surface area contributed by atoms with Gasteiger partial charge in [-0.15, -0.1) is 0 Å². The van der Waals surface area contributed by atoms with Crippen LogP contribution in [0.1, 0.15) is 71.8 Å². The number of benzene rings is 1. The smallest absolute Gasteiger partial charge is 0.306 e. The van der Waals surface area contributed by atoms with Crippen molar-refractivity contribution in [2.24, 2.45) is 17.6 Å². The van der Waals surface area contributed by atoms with Crippen LogP contribution in [0.3, 0.4) is 0 Å². The largest absolute Gasteiger partial charge is 0.461 e. The Morgan fingerprint density at radius 1 is 0.936 bits per heavy atom. The second-order valence-corrected chi connectivity index (χ2v) is 12.1. The third-order valence-corrected chi connectivity index (χ3v) is 7.80. The summed E-state index contributed by atoms with van der Waals surface area (Å²) in [5, 5.41) is 22.4. The van der Waals surface area contributed by atoms with Crippen molar-refractivity contribution in [1.82, 2.24) is 26.6 Å². The number of esters is 1. The molecule has 1 saturated heterocycles. The zero-order valence-corrected chi connectivity index (χ0v) is 27.4. The standard InChI is InChI=1S/C32H48N6O9/c1-5-19(4)27(32(46)35-21(28(33)42)12-14-26(41)47-17-20-9-7-6-8-10-20)38-30(44)23(15-18(2)3)36-31(45)24(16-39)37-29(43)22-11-13-25(40)34-22/h6-10,18-19,21-24,27,39H,5,11-17H2,1-4H3,(H2,33,42)(H,34,40)(H,35,46)(H,36,45)(H,37,43)(H,38,44). The Morgan fingerprint density at radius 2 is 1.57 bits per heavy atom. The number of aliphatic hydroxyl groups is 1. The highest BCUT2D eigenvalue weighted by Crippen LogP contribution is 2.13. The first kappa shape index (κ1) is 38.7. The molecule has 2 rings (SSSR count). The molecule has 1 aliphatic rings. The highest BCUT2D eigenvalue weighted by atomic mass is 16.5. The predicted octanol–water partition coefficient (Wildman–Crippen LogP) is -0.702. The zero-order valence-electron chi connectivity index (χ0n) is 27.4. The average molecular weight is 661 g/mol. The molecule has 1 aliphatic heterocycles. The van der Waals surface area contributed by atoms with E-state index < -0.39 is 78.2 Å². The maximum Gasteiger partial charge on any atom is 0.306 e. The number of ether oxygens (including phenoxy) is 1. The van der Waals surface area contributed by atoms with Crippen molar-refractivity contribution in [2.75, 3.05) is 6.61 Å². The summed E-state index contributed by atoms with van der Waals surface area (Å²) in [7, 11) is 0. The number of primary amides is 1. The molecule has 6 amide bonds. The fourth-order valence-corrected chi connectivity index (χ4v) is 4.83. The number of hydrogen-bond acceptors (Lipinski definition) is 9. The van der Waals surface area contributed by atoms with Crippen molar-refractivity contribution in [3.05, 3.63) is 35.9 Å². The first-order chi connectivity index (χ1) is 22.2. The van der Waals surface area contributed by atoms with E-state index in [1.807, 2.05) is 19.9 Å². The Bertz CT molecular complexity index is 1260. The molecule has 1 fully saturated rings. The molecule has 0 aliphatic carbocycles. The molecule has 0 saturated carbocycles. The minimum absolute atomic E-state index is 0.0492. The molecule has 6 unspecified atom stereocenters. The lowest BCUT2D eigenvalue weighted by atomic mass is 9.96. The number of rotatable bonds is 19. The molecule has 0 bridgehead atoms. The number of nitrogens with two attached hydrogens (primary N) is 1. The molecule has 1 heterocycles. The molecule has 0 aromatic heterocycles. The summed E-state index contributed by atoms with van der Waals surface area (Å²) in [5.41, 5.74) is 6.30. The summed E-state index contributed by atoms with van der Waals surface area (Å²) in [5.74, 6) is -5.13. The van der Waals surface area contributed by atoms with Crippen LogP contribution in [0.25, 0.3) is 0 Å². The summed E-state index contributed by atoms with van der Waals surface area (Å²) in [4.78, 5) is 88.4. The van der Waals surface area contributed by atoms with Crippen molar-refractivity contribution in [1.29, 1.82) is 0 Å². The second kappa shape index (κ2) is 19.2. The highest BCUT2D eigenvalue weighted by Gasteiger charge is 2.34. The van der Waals surface area contributed by atoms with Gasteiger partial charge in [0.05, 0.1) is 6.61 Å². The van der Waals surface area contributed by atoms with Gasteiger partial charge < -0.3 is 42.2 Å². The molecule has 1 aromatic rings. The van der Waals surface area contributed by atoms with Crippen LogP contribution in [0, 0.1) is 11.8 Å². The maximum absolute atomic E-state index is 13.5. The number of nitrogens with one attached hydrogen (secondary N) is 5. The highest BCUT2D eigenvalue weighted by molar-refractivity contribution is 5.97. The second-order valence-electron chi connectivity index (χ2n) is 12.1. The van der Waals surface area contributed by atoms with E-state index in [4.69, 9.17) is 10.5 Å². The topological polar surface area (TPSA) is 235 Å². The summed E-state index contributed by atoms with van der Waals surface area (Å²) in [6.45, 7) is 6.46. The van der Waals surface area contributed by atoms with Crippen LogP contribution in [-0.2, 0) is 44.9 Å². The molecule has 0 spiro atoms. The van der Waals surface area contributed by atoms with Gasteiger partial charge in [0.15, 0.2) is 0 Å². The van der Waals surface area contributed by atoms with Crippen LogP contribution in [-0.4, -0.2) is 83.3 Å². The van der Waals surface area contributed by atoms with Gasteiger partial charge in [0.1, 0.15) is 36.8 Å². The van der Waals surface area contributed by atoms with Crippen LogP contribution in [0.2, 0.25) is 0 Å². The normalized spacial score (nSPS) is 17.3. The van der Waals surface area contributed by atoms with E-state index >= 15 is 0 Å². The number of carbonyl (C=O) groups is 7. The van der Waals surface area contributed by atoms with Gasteiger partial charge in [-0.2, -0.15) is 0 Å². The lowest BCUT2D eigenvalue weighted by Crippen LogP contribution is -2.60. The molecule has 15 nitrogen and oxygen atoms in total. The van der Waals surface area contributed by atoms with E-state index in [0.29, 0.717) is 6.42 Å². The lowest BCUT2D eigenvalue weighted by molar-refractivity contribution is -0.145. The molecule has 8 N–H and O–H groups in total. The molecular formula is C32H48N6O9. The van der Waals surface area contributed by atoms with E-state index in [-0.39, 0.29) is 50.5 Å². The molecular weight excluding hydrogens is 612 g/mol. The first-order valence-electron chi connectivity index (χ1n) is 15.9. The third kappa shape index (κ3) is 13.0. The van der Waals surface area contributed by atoms with Crippen LogP contribution >= 0.6 is 0 Å². The Morgan fingerprint density at radius 3 is 2.13 bits per heavy atom. The molecule has 6 atom stereocenters. The Balaban J connectivity index is 2.06. The third-order valence-electron chi connectivity index (χ3n) is 7.80. The molecule has 1 aromatic carbocycles. The van der Waals surface area contributed by atoms with Crippen molar-refractivity contribution in [2.45, 2.75) is 103 Å². The monoisotopic (exact) mass is 660 g/mol. The van der Waals surface area contributed by atoms with Crippen LogP contribution in [0.5, 0.6) is 0 Å². The molecule has 0 radical (unpaired) electrons. The molecule has 47 heavy (non-hydrogen) atoms. The van der Waals surface area contributed by atoms with E-state index in [1.165, 1.54) is 0 Å². The van der Waals surface area contributed by atoms with E-state index in [0.717, 1.165) is 5.56 Å². The number of aliphatic hydroxyl groups excluding tert-OH is 1. The number of amides is 6. The van der Waals surface area contributed by atoms with E-state index in [1.54, 1.807) is 38.1 Å². The van der Waals surface area contributed by atoms with Gasteiger partial charge in [-0.05, 0) is 36.7 Å². The quantitative estimate of drug-likeness (QED) is 0.0928. The first-order valence-corrected chi connectivity index (χ1v) is 15.9. The average Bonchev–Trinajstić information content (AvgIpc) is 3.48. The van der Waals surface area contributed by atoms with Gasteiger partial charge in [-0.3, -0.25) is 33.6 Å². The predicted molar refractivity (Wildman–Crippen MR) is 170 cm³/mol. The Kier molecular flexibility index (Phi) is 15.8. The minimum Gasteiger partial charge on any atom is -0.461 e. The lowest BCUT2D eigenvalue weighted by Gasteiger charge is -2.29. The van der Waals surface area contributed by atoms with Crippen molar-refractivity contribution < 1.29 is 43.4 Å². The van der Waals surface area contributed by atoms with Crippen molar-refractivity contribution in [3.63, 3.8) is 0 Å². The summed E-state index contributed by atoms with van der Waals surface area (Å²) in [6.07, 6.45) is 0.711. The zero-order chi connectivity index (χ0) is 35.1. The van der Waals surface area contributed by atoms with Crippen LogP contribution < -0.4 is 32.3 Å². The Labute approximate surface area is 274 Å². The Hall–Kier alpha value is -4.53. The maximum atomic E-state index is 13.5. The van der Waals surface area contributed by atoms with Crippen LogP contribution in [0.15, 0.2) is 30.3 Å². The van der Waals surface area contributed by atoms with Crippen molar-refractivity contribution >= 4 is 41.4 Å². The van der Waals surface area contributed by atoms with E-state index in [9.17, 15) is 38.7 Å². The molecule has 260 valence electrons. The van der Waals surface area contributed by atoms with E-state index in [2.05, 4.69) is 26.6 Å². The fourth-order valence-electron chi connectivity index (χ4n) is 4.83. The van der Waals surface area contributed by atoms with Gasteiger partial charge in [-0.1, -0.05) is 64.4 Å². The number of hydrogen-bond donors (Lipinski definition) is 7. The minimum atomic E-state index is -1.40. The number of carbonyl (C=O) groups excluding carboxylic acids is 7. The van der Waals surface area contributed by atoms with Gasteiger partial charge in [0.2, 0.25) is 35.4 Å². The summed E-state index contributed by atoms with van der Waals surface area (Å²) in [6, 6.07) is 3.29. The molecule has 15 heteroatoms. The van der Waals surface area contributed by atoms with Gasteiger partial charge in [-0.25, -0.2) is 0 Å².